The number of nitrogens with one attached hydrogen (secondary N) is 2. The average molecular weight is 1960 g/mol. The fraction of sp³-hybridized carbons (Fsp3) is 0. The van der Waals surface area contributed by atoms with Gasteiger partial charge in [-0.25, -0.2) is 19.6 Å². The molecule has 0 saturated carbocycles. The van der Waals surface area contributed by atoms with Crippen molar-refractivity contribution >= 4 is 251 Å². The third-order valence-electron chi connectivity index (χ3n) is 8.82. The summed E-state index contributed by atoms with van der Waals surface area (Å²) in [5.41, 5.74) is 3.61. The summed E-state index contributed by atoms with van der Waals surface area (Å²) in [5.74, 6) is -8.10. The summed E-state index contributed by atoms with van der Waals surface area (Å²) in [6.45, 7) is 0. The van der Waals surface area contributed by atoms with Crippen LogP contribution in [0, 0.1) is 0 Å². The number of halogens is 12. The number of carboxylic acid groups (broad SMARTS) is 6. The number of benzene rings is 3. The Morgan fingerprint density at radius 2 is 0.582 bits per heavy atom. The number of H-pyrrole nitrogens is 2. The Balaban J connectivity index is 0.000000954. The third kappa shape index (κ3) is 22.0. The molecule has 0 spiro atoms. The number of pyridine rings is 4. The second-order valence-corrected chi connectivity index (χ2v) is 23.2. The summed E-state index contributed by atoms with van der Waals surface area (Å²) < 4.78 is 1.26. The number of rotatable bonds is 10. The van der Waals surface area contributed by atoms with Crippen molar-refractivity contribution in [1.29, 1.82) is 0 Å². The van der Waals surface area contributed by atoms with Gasteiger partial charge < -0.3 is 60.8 Å². The molecule has 18 nitrogen and oxygen atoms in total. The van der Waals surface area contributed by atoms with Gasteiger partial charge in [-0.3, -0.25) is 9.97 Å². The Hall–Kier alpha value is -2.84. The molecular weight excluding hydrogens is 1930 g/mol. The van der Waals surface area contributed by atoms with Gasteiger partial charge in [0.25, 0.3) is 0 Å². The number of carboxylic acids is 6. The summed E-state index contributed by atoms with van der Waals surface area (Å²) in [4.78, 5) is 79.6. The van der Waals surface area contributed by atoms with E-state index in [0.717, 1.165) is 22.5 Å². The van der Waals surface area contributed by atoms with Gasteiger partial charge in [-0.05, 0) is 251 Å². The average Bonchev–Trinajstić information content (AvgIpc) is 3.37. The topological polar surface area (TPSA) is 355 Å². The molecule has 0 unspecified atom stereocenters. The summed E-state index contributed by atoms with van der Waals surface area (Å²) in [6, 6.07) is 19.9. The van der Waals surface area contributed by atoms with Crippen LogP contribution in [0.4, 0.5) is 0 Å². The van der Waals surface area contributed by atoms with Crippen LogP contribution in [0.2, 0.25) is 0 Å². The molecule has 0 aliphatic heterocycles. The van der Waals surface area contributed by atoms with Crippen LogP contribution in [-0.2, 0) is 38.3 Å². The quantitative estimate of drug-likeness (QED) is 0.0732. The molecule has 0 saturated heterocycles. The molecule has 0 bridgehead atoms. The third-order valence-corrected chi connectivity index (χ3v) is 21.5. The summed E-state index contributed by atoms with van der Waals surface area (Å²) >= 11 is 36.0. The first-order valence-corrected chi connectivity index (χ1v) is 29.3. The summed E-state index contributed by atoms with van der Waals surface area (Å²) in [5, 5.41) is 61.4. The van der Waals surface area contributed by atoms with E-state index in [1.54, 1.807) is 24.8 Å². The molecule has 3 aromatic carbocycles. The Bertz CT molecular complexity index is 2770. The van der Waals surface area contributed by atoms with Gasteiger partial charge in [0.1, 0.15) is 0 Å². The maximum atomic E-state index is 11.0. The minimum Gasteiger partial charge on any atom is -0.545 e. The second kappa shape index (κ2) is 37.4. The summed E-state index contributed by atoms with van der Waals surface area (Å²) in [7, 11) is 0. The monoisotopic (exact) mass is 1950 g/mol. The molecule has 0 atom stereocenters. The van der Waals surface area contributed by atoms with Crippen LogP contribution in [-0.4, -0.2) is 56.0 Å². The summed E-state index contributed by atoms with van der Waals surface area (Å²) in [6.07, 6.45) is 19.1. The number of aromatic nitrogens is 4. The second-order valence-electron chi connectivity index (χ2n) is 13.6. The number of carbonyl (C=O) groups excluding carboxylic acids is 4. The zero-order valence-corrected chi connectivity index (χ0v) is 61.9. The van der Waals surface area contributed by atoms with Crippen molar-refractivity contribution in [3.05, 3.63) is 207 Å². The van der Waals surface area contributed by atoms with E-state index in [1.165, 1.54) is 0 Å². The van der Waals surface area contributed by atoms with Crippen molar-refractivity contribution in [3.8, 4) is 0 Å². The fourth-order valence-electron chi connectivity index (χ4n) is 5.33. The predicted molar refractivity (Wildman–Crippen MR) is 325 cm³/mol. The SMILES string of the molecule is C(=C\c1cccc[nH+]1)/c1ccncc1.C(=C\c1cccc[nH+]1)/c1ccncc1.O=C(O)c1c(Br)c(Br)c(C(=O)O)c(Br)c1Br.O=C([O-])c1c(Br)c(Br)c(C(=O)[O-])c(Br)c1Br.O=C([O-])c1c(Br)c(Br)c(C(=O)[O-])c(Br)c1Br.[Cd+2].[OH3+].[OH3+]. The predicted octanol–water partition coefficient (Wildman–Crippen LogP) is 9.35. The van der Waals surface area contributed by atoms with Crippen LogP contribution in [0.1, 0.15) is 84.7 Å². The molecule has 7 aromatic rings. The van der Waals surface area contributed by atoms with Crippen LogP contribution in [0.5, 0.6) is 0 Å². The zero-order chi connectivity index (χ0) is 57.1. The largest absolute Gasteiger partial charge is 2.00 e. The zero-order valence-electron chi connectivity index (χ0n) is 38.8. The molecule has 7 rings (SSSR count). The van der Waals surface area contributed by atoms with Crippen LogP contribution in [0.3, 0.4) is 0 Å². The van der Waals surface area contributed by atoms with Crippen molar-refractivity contribution in [1.82, 2.24) is 9.97 Å². The Morgan fingerprint density at radius 3 is 0.759 bits per heavy atom. The number of aromatic amines is 2. The molecule has 0 radical (unpaired) electrons. The Kier molecular flexibility index (Phi) is 36.0. The number of hydrogen-bond acceptors (Lipinski definition) is 12. The van der Waals surface area contributed by atoms with Gasteiger partial charge in [-0.15, -0.1) is 0 Å². The molecule has 0 fully saturated rings. The number of hydrogen-bond donors (Lipinski definition) is 2. The van der Waals surface area contributed by atoms with Crippen LogP contribution < -0.4 is 30.4 Å². The number of nitrogens with zero attached hydrogens (tertiary/aromatic N) is 2. The molecule has 0 aliphatic carbocycles. The van der Waals surface area contributed by atoms with Crippen LogP contribution in [0.15, 0.2) is 152 Å². The minimum atomic E-state index is -1.44. The van der Waals surface area contributed by atoms with Gasteiger partial charge in [0.2, 0.25) is 11.4 Å². The van der Waals surface area contributed by atoms with Crippen LogP contribution >= 0.6 is 191 Å². The Morgan fingerprint density at radius 1 is 0.367 bits per heavy atom. The molecule has 4 heterocycles. The van der Waals surface area contributed by atoms with Crippen molar-refractivity contribution < 1.29 is 108 Å². The first-order valence-electron chi connectivity index (χ1n) is 19.8. The fourth-order valence-corrected chi connectivity index (χ4v) is 13.7. The van der Waals surface area contributed by atoms with Crippen molar-refractivity contribution in [2.24, 2.45) is 0 Å². The van der Waals surface area contributed by atoms with E-state index in [9.17, 15) is 49.2 Å². The van der Waals surface area contributed by atoms with E-state index in [-0.39, 0.29) is 125 Å². The van der Waals surface area contributed by atoms with Gasteiger partial charge >= 0.3 is 39.2 Å². The molecular formula is C48H30Br12CdN4O14+2. The number of carbonyl (C=O) groups is 6. The first kappa shape index (κ1) is 76.2. The van der Waals surface area contributed by atoms with Gasteiger partial charge in [0.05, 0.1) is 35.0 Å². The normalized spacial score (nSPS) is 9.97. The Labute approximate surface area is 568 Å². The first-order chi connectivity index (χ1) is 35.8. The van der Waals surface area contributed by atoms with Crippen molar-refractivity contribution in [2.45, 2.75) is 0 Å². The molecule has 0 amide bonds. The van der Waals surface area contributed by atoms with Gasteiger partial charge in [-0.1, -0.05) is 0 Å². The van der Waals surface area contributed by atoms with Gasteiger partial charge in [0, 0.05) is 137 Å². The molecule has 79 heavy (non-hydrogen) atoms. The smallest absolute Gasteiger partial charge is 0.545 e. The van der Waals surface area contributed by atoms with E-state index < -0.39 is 35.8 Å². The molecule has 10 N–H and O–H groups in total. The molecule has 31 heteroatoms. The molecule has 0 aliphatic rings. The molecule has 4 aromatic heterocycles. The van der Waals surface area contributed by atoms with E-state index in [1.807, 2.05) is 97.4 Å². The molecule has 410 valence electrons. The van der Waals surface area contributed by atoms with E-state index in [2.05, 4.69) is 211 Å². The number of aromatic carboxylic acids is 6. The van der Waals surface area contributed by atoms with Crippen molar-refractivity contribution in [2.75, 3.05) is 0 Å². The van der Waals surface area contributed by atoms with Crippen LogP contribution in [0.25, 0.3) is 24.3 Å². The van der Waals surface area contributed by atoms with E-state index >= 15 is 0 Å². The van der Waals surface area contributed by atoms with Gasteiger partial charge in [-0.2, -0.15) is 0 Å². The van der Waals surface area contributed by atoms with Gasteiger partial charge in [0.15, 0.2) is 12.4 Å². The minimum absolute atomic E-state index is 0. The van der Waals surface area contributed by atoms with E-state index in [0.29, 0.717) is 0 Å². The maximum Gasteiger partial charge on any atom is 2.00 e. The van der Waals surface area contributed by atoms with Crippen molar-refractivity contribution in [3.63, 3.8) is 0 Å². The van der Waals surface area contributed by atoms with E-state index in [4.69, 9.17) is 10.2 Å². The standard InChI is InChI=1S/2C12H10N2.3C8H2Br4O4.Cd.2H2O/c2*1-2-8-14-12(3-1)5-4-11-6-9-13-10-7-11;3*9-3-1(7(13)14)4(10)6(12)2(5(3)11)8(15)16;;;/h2*1-10H;3*(H,13,14)(H,15,16);;2*1H2/q;;;;;+2;;/b2*5-4+;;;;;;. The maximum absolute atomic E-state index is 11.0.